The molecular formula is C9H7ClN2O2S. The van der Waals surface area contributed by atoms with Crippen LogP contribution in [0.4, 0.5) is 5.69 Å². The van der Waals surface area contributed by atoms with E-state index in [2.05, 4.69) is 22.4 Å². The lowest BCUT2D eigenvalue weighted by Gasteiger charge is -1.99. The van der Waals surface area contributed by atoms with Crippen LogP contribution in [-0.2, 0) is 6.42 Å². The summed E-state index contributed by atoms with van der Waals surface area (Å²) in [7, 11) is 0. The van der Waals surface area contributed by atoms with Gasteiger partial charge in [-0.25, -0.2) is 4.99 Å². The van der Waals surface area contributed by atoms with Gasteiger partial charge in [-0.1, -0.05) is 17.7 Å². The molecule has 4 nitrogen and oxygen atoms in total. The lowest BCUT2D eigenvalue weighted by molar-refractivity contribution is -0.384. The molecule has 0 saturated heterocycles. The van der Waals surface area contributed by atoms with Crippen LogP contribution in [-0.4, -0.2) is 16.6 Å². The van der Waals surface area contributed by atoms with Gasteiger partial charge < -0.3 is 0 Å². The second-order valence-corrected chi connectivity index (χ2v) is 3.36. The van der Waals surface area contributed by atoms with Crippen molar-refractivity contribution in [1.82, 2.24) is 0 Å². The Bertz CT molecular complexity index is 430. The van der Waals surface area contributed by atoms with E-state index in [1.807, 2.05) is 0 Å². The lowest BCUT2D eigenvalue weighted by atomic mass is 10.1. The van der Waals surface area contributed by atoms with E-state index in [4.69, 9.17) is 11.6 Å². The standard InChI is InChI=1S/C9H7ClN2O2S/c10-8-2-1-7(3-4-11-6-15)5-9(8)12(13)14/h1-2,5H,3-4H2. The number of thiocarbonyl (C=S) groups is 1. The fourth-order valence-electron chi connectivity index (χ4n) is 1.08. The maximum atomic E-state index is 10.6. The van der Waals surface area contributed by atoms with Gasteiger partial charge in [0, 0.05) is 6.07 Å². The Hall–Kier alpha value is -1.29. The van der Waals surface area contributed by atoms with Crippen LogP contribution in [0.1, 0.15) is 5.56 Å². The highest BCUT2D eigenvalue weighted by Crippen LogP contribution is 2.25. The minimum Gasteiger partial charge on any atom is -0.258 e. The number of aliphatic imine (C=N–C) groups is 1. The average Bonchev–Trinajstić information content (AvgIpc) is 2.20. The number of rotatable bonds is 4. The number of halogens is 1. The first kappa shape index (κ1) is 11.8. The molecule has 0 aliphatic carbocycles. The third kappa shape index (κ3) is 3.40. The van der Waals surface area contributed by atoms with Crippen molar-refractivity contribution in [1.29, 1.82) is 0 Å². The van der Waals surface area contributed by atoms with E-state index in [9.17, 15) is 10.1 Å². The summed E-state index contributed by atoms with van der Waals surface area (Å²) in [5, 5.41) is 12.9. The molecule has 1 aromatic rings. The van der Waals surface area contributed by atoms with Gasteiger partial charge in [0.15, 0.2) is 0 Å². The number of isothiocyanates is 1. The van der Waals surface area contributed by atoms with Gasteiger partial charge in [0.2, 0.25) is 0 Å². The SMILES string of the molecule is O=[N+]([O-])c1cc(CCN=C=S)ccc1Cl. The highest BCUT2D eigenvalue weighted by atomic mass is 35.5. The van der Waals surface area contributed by atoms with Gasteiger partial charge in [-0.05, 0) is 30.3 Å². The van der Waals surface area contributed by atoms with E-state index in [1.165, 1.54) is 12.1 Å². The van der Waals surface area contributed by atoms with Gasteiger partial charge in [0.1, 0.15) is 5.02 Å². The zero-order valence-electron chi connectivity index (χ0n) is 7.64. The van der Waals surface area contributed by atoms with Crippen LogP contribution in [0, 0.1) is 10.1 Å². The topological polar surface area (TPSA) is 55.5 Å². The number of hydrogen-bond donors (Lipinski definition) is 0. The van der Waals surface area contributed by atoms with Crippen molar-refractivity contribution in [2.75, 3.05) is 6.54 Å². The highest BCUT2D eigenvalue weighted by molar-refractivity contribution is 7.78. The maximum absolute atomic E-state index is 10.6. The van der Waals surface area contributed by atoms with Crippen molar-refractivity contribution >= 4 is 34.7 Å². The molecule has 0 amide bonds. The van der Waals surface area contributed by atoms with Crippen molar-refractivity contribution in [3.05, 3.63) is 38.9 Å². The normalized spacial score (nSPS) is 9.40. The third-order valence-corrected chi connectivity index (χ3v) is 2.23. The second-order valence-electron chi connectivity index (χ2n) is 2.77. The van der Waals surface area contributed by atoms with E-state index >= 15 is 0 Å². The molecule has 0 radical (unpaired) electrons. The molecule has 15 heavy (non-hydrogen) atoms. The zero-order valence-corrected chi connectivity index (χ0v) is 9.22. The van der Waals surface area contributed by atoms with Crippen LogP contribution in [0.25, 0.3) is 0 Å². The van der Waals surface area contributed by atoms with Gasteiger partial charge >= 0.3 is 0 Å². The molecule has 0 aromatic heterocycles. The van der Waals surface area contributed by atoms with Crippen LogP contribution < -0.4 is 0 Å². The first-order valence-electron chi connectivity index (χ1n) is 4.11. The molecule has 78 valence electrons. The molecule has 0 aliphatic heterocycles. The molecule has 0 spiro atoms. The highest BCUT2D eigenvalue weighted by Gasteiger charge is 2.12. The van der Waals surface area contributed by atoms with Crippen LogP contribution in [0.2, 0.25) is 5.02 Å². The largest absolute Gasteiger partial charge is 0.288 e. The maximum Gasteiger partial charge on any atom is 0.288 e. The van der Waals surface area contributed by atoms with Gasteiger partial charge in [-0.15, -0.1) is 0 Å². The zero-order chi connectivity index (χ0) is 11.3. The summed E-state index contributed by atoms with van der Waals surface area (Å²) in [4.78, 5) is 13.8. The molecule has 1 rings (SSSR count). The summed E-state index contributed by atoms with van der Waals surface area (Å²) < 4.78 is 0. The monoisotopic (exact) mass is 242 g/mol. The molecule has 0 atom stereocenters. The van der Waals surface area contributed by atoms with Crippen molar-refractivity contribution < 1.29 is 4.92 Å². The van der Waals surface area contributed by atoms with Crippen LogP contribution in [0.15, 0.2) is 23.2 Å². The quantitative estimate of drug-likeness (QED) is 0.353. The Balaban J connectivity index is 2.87. The van der Waals surface area contributed by atoms with E-state index in [-0.39, 0.29) is 10.7 Å². The van der Waals surface area contributed by atoms with Crippen molar-refractivity contribution in [3.8, 4) is 0 Å². The summed E-state index contributed by atoms with van der Waals surface area (Å²) in [5.41, 5.74) is 0.723. The van der Waals surface area contributed by atoms with E-state index < -0.39 is 4.92 Å². The molecule has 0 unspecified atom stereocenters. The average molecular weight is 243 g/mol. The predicted molar refractivity (Wildman–Crippen MR) is 61.7 cm³/mol. The van der Waals surface area contributed by atoms with Crippen LogP contribution in [0.5, 0.6) is 0 Å². The molecule has 1 aromatic carbocycles. The number of nitrogens with zero attached hydrogens (tertiary/aromatic N) is 2. The molecule has 0 heterocycles. The Kier molecular flexibility index (Phi) is 4.37. The predicted octanol–water partition coefficient (Wildman–Crippen LogP) is 2.89. The molecule has 6 heteroatoms. The first-order valence-corrected chi connectivity index (χ1v) is 4.90. The van der Waals surface area contributed by atoms with Crippen LogP contribution >= 0.6 is 23.8 Å². The molecule has 0 bridgehead atoms. The Morgan fingerprint density at radius 3 is 2.93 bits per heavy atom. The number of hydrogen-bond acceptors (Lipinski definition) is 4. The number of nitro groups is 1. The summed E-state index contributed by atoms with van der Waals surface area (Å²) in [6.45, 7) is 0.474. The Morgan fingerprint density at radius 1 is 1.60 bits per heavy atom. The van der Waals surface area contributed by atoms with Crippen molar-refractivity contribution in [2.24, 2.45) is 4.99 Å². The van der Waals surface area contributed by atoms with Gasteiger partial charge in [0.25, 0.3) is 5.69 Å². The summed E-state index contributed by atoms with van der Waals surface area (Å²) in [6.07, 6.45) is 0.585. The van der Waals surface area contributed by atoms with Crippen LogP contribution in [0.3, 0.4) is 0 Å². The van der Waals surface area contributed by atoms with E-state index in [0.29, 0.717) is 13.0 Å². The molecular weight excluding hydrogens is 236 g/mol. The smallest absolute Gasteiger partial charge is 0.258 e. The van der Waals surface area contributed by atoms with Crippen molar-refractivity contribution in [3.63, 3.8) is 0 Å². The lowest BCUT2D eigenvalue weighted by Crippen LogP contribution is -1.93. The molecule has 0 fully saturated rings. The van der Waals surface area contributed by atoms with Gasteiger partial charge in [-0.2, -0.15) is 0 Å². The van der Waals surface area contributed by atoms with Gasteiger partial charge in [0.05, 0.1) is 16.6 Å². The summed E-state index contributed by atoms with van der Waals surface area (Å²) in [6, 6.07) is 4.69. The molecule has 0 N–H and O–H groups in total. The summed E-state index contributed by atoms with van der Waals surface area (Å²) in [5.74, 6) is 0. The minimum absolute atomic E-state index is 0.0829. The van der Waals surface area contributed by atoms with Crippen molar-refractivity contribution in [2.45, 2.75) is 6.42 Å². The minimum atomic E-state index is -0.506. The molecule has 0 saturated carbocycles. The van der Waals surface area contributed by atoms with E-state index in [1.54, 1.807) is 6.07 Å². The Morgan fingerprint density at radius 2 is 2.33 bits per heavy atom. The second kappa shape index (κ2) is 5.56. The third-order valence-electron chi connectivity index (χ3n) is 1.78. The fraction of sp³-hybridized carbons (Fsp3) is 0.222. The summed E-state index contributed by atoms with van der Waals surface area (Å²) >= 11 is 10.1. The van der Waals surface area contributed by atoms with Gasteiger partial charge in [-0.3, -0.25) is 10.1 Å². The number of nitro benzene ring substituents is 1. The Labute approximate surface area is 96.7 Å². The number of benzene rings is 1. The first-order chi connectivity index (χ1) is 7.15. The van der Waals surface area contributed by atoms with E-state index in [0.717, 1.165) is 5.56 Å². The molecule has 0 aliphatic rings. The fourth-order valence-corrected chi connectivity index (χ4v) is 1.36.